The van der Waals surface area contributed by atoms with Crippen molar-refractivity contribution in [2.75, 3.05) is 26.2 Å². The number of nitrogens with zero attached hydrogens (tertiary/aromatic N) is 1. The van der Waals surface area contributed by atoms with Crippen molar-refractivity contribution in [3.05, 3.63) is 52.5 Å². The minimum Gasteiger partial charge on any atom is -0.479 e. The van der Waals surface area contributed by atoms with E-state index in [0.29, 0.717) is 33.9 Å². The van der Waals surface area contributed by atoms with E-state index in [1.54, 1.807) is 49.4 Å². The summed E-state index contributed by atoms with van der Waals surface area (Å²) in [6.45, 7) is 5.01. The summed E-state index contributed by atoms with van der Waals surface area (Å²) >= 11 is 12.0. The minimum absolute atomic E-state index is 0. The van der Waals surface area contributed by atoms with Gasteiger partial charge in [-0.25, -0.2) is 4.79 Å². The zero-order chi connectivity index (χ0) is 19.9. The lowest BCUT2D eigenvalue weighted by Crippen LogP contribution is -2.30. The summed E-state index contributed by atoms with van der Waals surface area (Å²) in [6, 6.07) is 12.0. The average molecular weight is 461 g/mol. The van der Waals surface area contributed by atoms with Crippen molar-refractivity contribution < 1.29 is 19.0 Å². The number of hydrogen-bond donors (Lipinski definition) is 0. The molecule has 0 radical (unpaired) electrons. The standard InChI is InChI=1S/C21H23Cl2NO4.ClH/c1-15(21(25)26-13-12-24-10-2-3-11-24)27-17-5-7-18(8-6-17)28-20-9-4-16(22)14-19(20)23;/h4-9,14-15H,2-3,10-13H2,1H3;1H. The van der Waals surface area contributed by atoms with Gasteiger partial charge in [0.1, 0.15) is 23.9 Å². The van der Waals surface area contributed by atoms with Crippen molar-refractivity contribution in [3.8, 4) is 17.2 Å². The SMILES string of the molecule is CC(Oc1ccc(Oc2ccc(Cl)cc2Cl)cc1)C(=O)OCCN1CCCC1.Cl. The normalized spacial score (nSPS) is 14.7. The minimum atomic E-state index is -0.684. The largest absolute Gasteiger partial charge is 0.479 e. The van der Waals surface area contributed by atoms with Crippen molar-refractivity contribution in [2.45, 2.75) is 25.9 Å². The molecule has 0 spiro atoms. The first-order chi connectivity index (χ1) is 13.5. The highest BCUT2D eigenvalue weighted by Crippen LogP contribution is 2.32. The van der Waals surface area contributed by atoms with Gasteiger partial charge < -0.3 is 14.2 Å². The van der Waals surface area contributed by atoms with E-state index in [-0.39, 0.29) is 18.4 Å². The van der Waals surface area contributed by atoms with E-state index >= 15 is 0 Å². The first-order valence-electron chi connectivity index (χ1n) is 9.30. The van der Waals surface area contributed by atoms with Crippen LogP contribution in [0.1, 0.15) is 19.8 Å². The molecule has 8 heteroatoms. The Kier molecular flexibility index (Phi) is 9.37. The van der Waals surface area contributed by atoms with Gasteiger partial charge in [0.05, 0.1) is 5.02 Å². The summed E-state index contributed by atoms with van der Waals surface area (Å²) in [4.78, 5) is 14.4. The molecule has 0 aromatic heterocycles. The molecule has 1 aliphatic rings. The molecule has 0 bridgehead atoms. The molecular weight excluding hydrogens is 437 g/mol. The van der Waals surface area contributed by atoms with Gasteiger partial charge in [-0.3, -0.25) is 4.90 Å². The molecule has 1 atom stereocenters. The average Bonchev–Trinajstić information content (AvgIpc) is 3.19. The first-order valence-corrected chi connectivity index (χ1v) is 10.1. The molecule has 158 valence electrons. The molecule has 0 amide bonds. The van der Waals surface area contributed by atoms with Gasteiger partial charge in [-0.05, 0) is 75.3 Å². The maximum atomic E-state index is 12.1. The molecular formula is C21H24Cl3NO4. The van der Waals surface area contributed by atoms with E-state index in [9.17, 15) is 4.79 Å². The molecule has 0 aliphatic carbocycles. The van der Waals surface area contributed by atoms with Crippen LogP contribution in [0.5, 0.6) is 17.2 Å². The quantitative estimate of drug-likeness (QED) is 0.479. The van der Waals surface area contributed by atoms with E-state index in [0.717, 1.165) is 19.6 Å². The maximum absolute atomic E-state index is 12.1. The second kappa shape index (κ2) is 11.5. The Labute approximate surface area is 187 Å². The summed E-state index contributed by atoms with van der Waals surface area (Å²) in [7, 11) is 0. The van der Waals surface area contributed by atoms with Crippen LogP contribution in [0.3, 0.4) is 0 Å². The first kappa shape index (κ1) is 23.6. The summed E-state index contributed by atoms with van der Waals surface area (Å²) < 4.78 is 16.7. The third-order valence-corrected chi connectivity index (χ3v) is 4.97. The van der Waals surface area contributed by atoms with Crippen molar-refractivity contribution in [3.63, 3.8) is 0 Å². The lowest BCUT2D eigenvalue weighted by molar-refractivity contribution is -0.151. The fourth-order valence-corrected chi connectivity index (χ4v) is 3.37. The maximum Gasteiger partial charge on any atom is 0.347 e. The second-order valence-electron chi connectivity index (χ2n) is 6.62. The Hall–Kier alpha value is -1.66. The van der Waals surface area contributed by atoms with Crippen LogP contribution in [-0.4, -0.2) is 43.2 Å². The fourth-order valence-electron chi connectivity index (χ4n) is 2.92. The number of rotatable bonds is 8. The number of likely N-dealkylation sites (tertiary alicyclic amines) is 1. The van der Waals surface area contributed by atoms with E-state index in [1.165, 1.54) is 12.8 Å². The molecule has 29 heavy (non-hydrogen) atoms. The monoisotopic (exact) mass is 459 g/mol. The number of ether oxygens (including phenoxy) is 3. The molecule has 1 saturated heterocycles. The Morgan fingerprint density at radius 2 is 1.72 bits per heavy atom. The summed E-state index contributed by atoms with van der Waals surface area (Å²) in [5.41, 5.74) is 0. The Morgan fingerprint density at radius 1 is 1.07 bits per heavy atom. The zero-order valence-corrected chi connectivity index (χ0v) is 18.4. The molecule has 2 aromatic rings. The van der Waals surface area contributed by atoms with Crippen LogP contribution < -0.4 is 9.47 Å². The van der Waals surface area contributed by atoms with Gasteiger partial charge in [0.25, 0.3) is 0 Å². The van der Waals surface area contributed by atoms with Crippen molar-refractivity contribution in [1.82, 2.24) is 4.90 Å². The van der Waals surface area contributed by atoms with Crippen LogP contribution in [0.2, 0.25) is 10.0 Å². The molecule has 0 N–H and O–H groups in total. The number of carbonyl (C=O) groups excluding carboxylic acids is 1. The zero-order valence-electron chi connectivity index (χ0n) is 16.1. The van der Waals surface area contributed by atoms with E-state index in [4.69, 9.17) is 37.4 Å². The van der Waals surface area contributed by atoms with Crippen molar-refractivity contribution in [2.24, 2.45) is 0 Å². The van der Waals surface area contributed by atoms with Gasteiger partial charge in [0.2, 0.25) is 0 Å². The van der Waals surface area contributed by atoms with Gasteiger partial charge in [-0.1, -0.05) is 23.2 Å². The summed E-state index contributed by atoms with van der Waals surface area (Å²) in [5.74, 6) is 1.29. The molecule has 1 fully saturated rings. The van der Waals surface area contributed by atoms with Crippen molar-refractivity contribution in [1.29, 1.82) is 0 Å². The number of carbonyl (C=O) groups is 1. The fraction of sp³-hybridized carbons (Fsp3) is 0.381. The van der Waals surface area contributed by atoms with Gasteiger partial charge in [0, 0.05) is 11.6 Å². The third-order valence-electron chi connectivity index (χ3n) is 4.44. The van der Waals surface area contributed by atoms with Crippen LogP contribution in [0.15, 0.2) is 42.5 Å². The van der Waals surface area contributed by atoms with E-state index < -0.39 is 6.10 Å². The Morgan fingerprint density at radius 3 is 2.38 bits per heavy atom. The summed E-state index contributed by atoms with van der Waals surface area (Å²) in [5, 5.41) is 0.973. The number of hydrogen-bond acceptors (Lipinski definition) is 5. The van der Waals surface area contributed by atoms with Crippen LogP contribution in [0.25, 0.3) is 0 Å². The molecule has 5 nitrogen and oxygen atoms in total. The molecule has 1 unspecified atom stereocenters. The van der Waals surface area contributed by atoms with Gasteiger partial charge in [0.15, 0.2) is 6.10 Å². The molecule has 1 heterocycles. The van der Waals surface area contributed by atoms with Crippen LogP contribution in [0, 0.1) is 0 Å². The highest BCUT2D eigenvalue weighted by molar-refractivity contribution is 6.35. The number of halogens is 3. The van der Waals surface area contributed by atoms with Crippen molar-refractivity contribution >= 4 is 41.6 Å². The topological polar surface area (TPSA) is 48.0 Å². The lowest BCUT2D eigenvalue weighted by atomic mass is 10.3. The molecule has 0 saturated carbocycles. The Balaban J connectivity index is 0.00000300. The van der Waals surface area contributed by atoms with Gasteiger partial charge in [-0.2, -0.15) is 0 Å². The highest BCUT2D eigenvalue weighted by atomic mass is 35.5. The van der Waals surface area contributed by atoms with Crippen LogP contribution in [-0.2, 0) is 9.53 Å². The lowest BCUT2D eigenvalue weighted by Gasteiger charge is -2.17. The summed E-state index contributed by atoms with van der Waals surface area (Å²) in [6.07, 6.45) is 1.76. The predicted molar refractivity (Wildman–Crippen MR) is 117 cm³/mol. The van der Waals surface area contributed by atoms with Gasteiger partial charge >= 0.3 is 5.97 Å². The van der Waals surface area contributed by atoms with Crippen LogP contribution >= 0.6 is 35.6 Å². The third kappa shape index (κ3) is 7.27. The van der Waals surface area contributed by atoms with E-state index in [2.05, 4.69) is 4.90 Å². The molecule has 1 aliphatic heterocycles. The van der Waals surface area contributed by atoms with Gasteiger partial charge in [-0.15, -0.1) is 12.4 Å². The smallest absolute Gasteiger partial charge is 0.347 e. The van der Waals surface area contributed by atoms with E-state index in [1.807, 2.05) is 0 Å². The molecule has 3 rings (SSSR count). The number of esters is 1. The Bertz CT molecular complexity index is 795. The predicted octanol–water partition coefficient (Wildman–Crippen LogP) is 5.61. The molecule has 2 aromatic carbocycles. The second-order valence-corrected chi connectivity index (χ2v) is 7.47. The van der Waals surface area contributed by atoms with Crippen LogP contribution in [0.4, 0.5) is 0 Å². The highest BCUT2D eigenvalue weighted by Gasteiger charge is 2.18. The number of benzene rings is 2.